The van der Waals surface area contributed by atoms with Crippen molar-refractivity contribution in [2.45, 2.75) is 20.0 Å². The summed E-state index contributed by atoms with van der Waals surface area (Å²) in [6.45, 7) is 3.35. The Morgan fingerprint density at radius 1 is 0.786 bits per heavy atom. The lowest BCUT2D eigenvalue weighted by Gasteiger charge is -2.11. The molecule has 0 saturated heterocycles. The normalized spacial score (nSPS) is 10.6. The fourth-order valence-electron chi connectivity index (χ4n) is 2.83. The van der Waals surface area contributed by atoms with Crippen LogP contribution in [0.4, 0.5) is 11.6 Å². The van der Waals surface area contributed by atoms with Gasteiger partial charge in [0.25, 0.3) is 0 Å². The number of furan rings is 1. The van der Waals surface area contributed by atoms with Crippen molar-refractivity contribution in [2.24, 2.45) is 0 Å². The molecule has 140 valence electrons. The minimum absolute atomic E-state index is 0.565. The summed E-state index contributed by atoms with van der Waals surface area (Å²) in [6, 6.07) is 24.2. The molecule has 0 radical (unpaired) electrons. The second-order valence-corrected chi connectivity index (χ2v) is 6.60. The Labute approximate surface area is 164 Å². The van der Waals surface area contributed by atoms with E-state index in [1.54, 1.807) is 6.26 Å². The minimum Gasteiger partial charge on any atom is -0.467 e. The van der Waals surface area contributed by atoms with E-state index in [2.05, 4.69) is 46.8 Å². The Morgan fingerprint density at radius 2 is 1.50 bits per heavy atom. The molecule has 2 N–H and O–H groups in total. The zero-order chi connectivity index (χ0) is 19.2. The number of anilines is 2. The Bertz CT molecular complexity index is 1010. The molecule has 4 aromatic rings. The average molecular weight is 370 g/mol. The zero-order valence-corrected chi connectivity index (χ0v) is 15.7. The van der Waals surface area contributed by atoms with E-state index < -0.39 is 0 Å². The molecule has 2 aromatic carbocycles. The highest BCUT2D eigenvalue weighted by molar-refractivity contribution is 5.61. The molecule has 28 heavy (non-hydrogen) atoms. The van der Waals surface area contributed by atoms with Crippen LogP contribution in [0.15, 0.2) is 83.5 Å². The van der Waals surface area contributed by atoms with Gasteiger partial charge in [-0.05, 0) is 24.6 Å². The highest BCUT2D eigenvalue weighted by Gasteiger charge is 2.08. The summed E-state index contributed by atoms with van der Waals surface area (Å²) in [5.74, 6) is 3.05. The molecule has 0 fully saturated rings. The fourth-order valence-corrected chi connectivity index (χ4v) is 2.83. The van der Waals surface area contributed by atoms with Gasteiger partial charge in [-0.1, -0.05) is 60.2 Å². The maximum atomic E-state index is 5.39. The summed E-state index contributed by atoms with van der Waals surface area (Å²) in [7, 11) is 0. The van der Waals surface area contributed by atoms with E-state index >= 15 is 0 Å². The van der Waals surface area contributed by atoms with Gasteiger partial charge in [-0.2, -0.15) is 0 Å². The number of nitrogens with zero attached hydrogens (tertiary/aromatic N) is 2. The van der Waals surface area contributed by atoms with Gasteiger partial charge in [-0.15, -0.1) is 0 Å². The molecule has 0 unspecified atom stereocenters. The highest BCUT2D eigenvalue weighted by atomic mass is 16.3. The maximum absolute atomic E-state index is 5.39. The molecule has 2 heterocycles. The number of hydrogen-bond acceptors (Lipinski definition) is 5. The van der Waals surface area contributed by atoms with E-state index in [0.717, 1.165) is 23.0 Å². The van der Waals surface area contributed by atoms with Gasteiger partial charge in [0.05, 0.1) is 12.8 Å². The van der Waals surface area contributed by atoms with E-state index in [1.807, 2.05) is 48.5 Å². The van der Waals surface area contributed by atoms with Crippen molar-refractivity contribution in [2.75, 3.05) is 10.6 Å². The molecule has 0 atom stereocenters. The smallest absolute Gasteiger partial charge is 0.163 e. The standard InChI is InChI=1S/C23H22N4O/c1-17-9-11-18(12-10-17)15-24-21-14-22(25-16-20-8-5-13-28-20)27-23(26-21)19-6-3-2-4-7-19/h2-14H,15-16H2,1H3,(H2,24,25,26,27). The maximum Gasteiger partial charge on any atom is 0.163 e. The van der Waals surface area contributed by atoms with Crippen LogP contribution in [0.2, 0.25) is 0 Å². The number of rotatable bonds is 7. The van der Waals surface area contributed by atoms with Crippen molar-refractivity contribution in [3.8, 4) is 11.4 Å². The first-order chi connectivity index (χ1) is 13.8. The molecule has 2 aromatic heterocycles. The van der Waals surface area contributed by atoms with Crippen LogP contribution >= 0.6 is 0 Å². The zero-order valence-electron chi connectivity index (χ0n) is 15.7. The van der Waals surface area contributed by atoms with Crippen molar-refractivity contribution in [1.82, 2.24) is 9.97 Å². The lowest BCUT2D eigenvalue weighted by molar-refractivity contribution is 0.518. The summed E-state index contributed by atoms with van der Waals surface area (Å²) in [5, 5.41) is 6.73. The quantitative estimate of drug-likeness (QED) is 0.464. The minimum atomic E-state index is 0.565. The van der Waals surface area contributed by atoms with E-state index in [1.165, 1.54) is 11.1 Å². The van der Waals surface area contributed by atoms with Crippen LogP contribution in [0.1, 0.15) is 16.9 Å². The first-order valence-corrected chi connectivity index (χ1v) is 9.26. The number of benzene rings is 2. The van der Waals surface area contributed by atoms with E-state index in [4.69, 9.17) is 9.40 Å². The summed E-state index contributed by atoms with van der Waals surface area (Å²) in [6.07, 6.45) is 1.67. The van der Waals surface area contributed by atoms with E-state index in [9.17, 15) is 0 Å². The molecule has 5 nitrogen and oxygen atoms in total. The molecule has 0 aliphatic carbocycles. The van der Waals surface area contributed by atoms with Gasteiger partial charge in [0.15, 0.2) is 5.82 Å². The first-order valence-electron chi connectivity index (χ1n) is 9.26. The Morgan fingerprint density at radius 3 is 2.18 bits per heavy atom. The largest absolute Gasteiger partial charge is 0.467 e. The van der Waals surface area contributed by atoms with Gasteiger partial charge in [0, 0.05) is 18.2 Å². The SMILES string of the molecule is Cc1ccc(CNc2cc(NCc3ccco3)nc(-c3ccccc3)n2)cc1. The number of nitrogens with one attached hydrogen (secondary N) is 2. The van der Waals surface area contributed by atoms with Gasteiger partial charge in [0.1, 0.15) is 17.4 Å². The molecule has 0 bridgehead atoms. The molecular formula is C23H22N4O. The van der Waals surface area contributed by atoms with Crippen LogP contribution in [-0.2, 0) is 13.1 Å². The van der Waals surface area contributed by atoms with Crippen LogP contribution < -0.4 is 10.6 Å². The number of aromatic nitrogens is 2. The fraction of sp³-hybridized carbons (Fsp3) is 0.130. The molecule has 0 spiro atoms. The van der Waals surface area contributed by atoms with Crippen molar-refractivity contribution < 1.29 is 4.42 Å². The highest BCUT2D eigenvalue weighted by Crippen LogP contribution is 2.21. The summed E-state index contributed by atoms with van der Waals surface area (Å²) in [5.41, 5.74) is 3.43. The molecule has 0 aliphatic rings. The second-order valence-electron chi connectivity index (χ2n) is 6.60. The third kappa shape index (κ3) is 4.57. The van der Waals surface area contributed by atoms with Crippen LogP contribution in [0.3, 0.4) is 0 Å². The van der Waals surface area contributed by atoms with Crippen molar-refractivity contribution in [3.05, 3.63) is 95.9 Å². The van der Waals surface area contributed by atoms with Crippen LogP contribution in [0, 0.1) is 6.92 Å². The van der Waals surface area contributed by atoms with Gasteiger partial charge in [-0.25, -0.2) is 9.97 Å². The monoisotopic (exact) mass is 370 g/mol. The topological polar surface area (TPSA) is 63.0 Å². The van der Waals surface area contributed by atoms with E-state index in [0.29, 0.717) is 18.9 Å². The van der Waals surface area contributed by atoms with Crippen molar-refractivity contribution >= 4 is 11.6 Å². The van der Waals surface area contributed by atoms with Gasteiger partial charge >= 0.3 is 0 Å². The number of aryl methyl sites for hydroxylation is 1. The summed E-state index contributed by atoms with van der Waals surface area (Å²) < 4.78 is 5.39. The third-order valence-electron chi connectivity index (χ3n) is 4.38. The van der Waals surface area contributed by atoms with E-state index in [-0.39, 0.29) is 0 Å². The van der Waals surface area contributed by atoms with Crippen molar-refractivity contribution in [1.29, 1.82) is 0 Å². The van der Waals surface area contributed by atoms with Crippen LogP contribution in [0.5, 0.6) is 0 Å². The Kier molecular flexibility index (Phi) is 5.33. The lowest BCUT2D eigenvalue weighted by atomic mass is 10.1. The molecule has 0 aliphatic heterocycles. The summed E-state index contributed by atoms with van der Waals surface area (Å²) in [4.78, 5) is 9.36. The molecule has 5 heteroatoms. The third-order valence-corrected chi connectivity index (χ3v) is 4.38. The van der Waals surface area contributed by atoms with Crippen LogP contribution in [0.25, 0.3) is 11.4 Å². The number of hydrogen-bond donors (Lipinski definition) is 2. The predicted octanol–water partition coefficient (Wildman–Crippen LogP) is 5.27. The molecule has 0 amide bonds. The van der Waals surface area contributed by atoms with Crippen LogP contribution in [-0.4, -0.2) is 9.97 Å². The molecular weight excluding hydrogens is 348 g/mol. The predicted molar refractivity (Wildman–Crippen MR) is 112 cm³/mol. The van der Waals surface area contributed by atoms with Crippen molar-refractivity contribution in [3.63, 3.8) is 0 Å². The van der Waals surface area contributed by atoms with Gasteiger partial charge in [0.2, 0.25) is 0 Å². The van der Waals surface area contributed by atoms with Gasteiger partial charge < -0.3 is 15.1 Å². The molecule has 0 saturated carbocycles. The molecule has 4 rings (SSSR count). The Balaban J connectivity index is 1.56. The second kappa shape index (κ2) is 8.39. The Hall–Kier alpha value is -3.60. The average Bonchev–Trinajstić information content (AvgIpc) is 3.26. The first kappa shape index (κ1) is 17.8. The summed E-state index contributed by atoms with van der Waals surface area (Å²) >= 11 is 0. The van der Waals surface area contributed by atoms with Gasteiger partial charge in [-0.3, -0.25) is 0 Å². The lowest BCUT2D eigenvalue weighted by Crippen LogP contribution is -2.07.